The Balaban J connectivity index is 1.66. The van der Waals surface area contributed by atoms with E-state index in [0.717, 1.165) is 11.3 Å². The molecule has 0 radical (unpaired) electrons. The molecule has 0 aliphatic carbocycles. The van der Waals surface area contributed by atoms with E-state index in [4.69, 9.17) is 4.74 Å². The molecule has 4 nitrogen and oxygen atoms in total. The Labute approximate surface area is 156 Å². The first-order valence-corrected chi connectivity index (χ1v) is 9.03. The van der Waals surface area contributed by atoms with Gasteiger partial charge in [0.15, 0.2) is 5.82 Å². The monoisotopic (exact) mass is 372 g/mol. The number of aryl methyl sites for hydroxylation is 2. The maximum atomic E-state index is 14.4. The average molecular weight is 372 g/mol. The Kier molecular flexibility index (Phi) is 4.48. The zero-order valence-electron chi connectivity index (χ0n) is 15.2. The molecule has 2 saturated heterocycles. The quantitative estimate of drug-likeness (QED) is 0.801. The van der Waals surface area contributed by atoms with Crippen molar-refractivity contribution in [3.8, 4) is 0 Å². The lowest BCUT2D eigenvalue weighted by atomic mass is 9.73. The van der Waals surface area contributed by atoms with Crippen LogP contribution in [0.1, 0.15) is 29.0 Å². The van der Waals surface area contributed by atoms with Gasteiger partial charge in [0.25, 0.3) is 0 Å². The molecule has 142 valence electrons. The third kappa shape index (κ3) is 3.03. The van der Waals surface area contributed by atoms with Crippen molar-refractivity contribution in [3.05, 3.63) is 71.2 Å². The second kappa shape index (κ2) is 6.69. The van der Waals surface area contributed by atoms with E-state index >= 15 is 0 Å². The number of benzene rings is 1. The van der Waals surface area contributed by atoms with Crippen molar-refractivity contribution in [3.63, 3.8) is 0 Å². The highest BCUT2D eigenvalue weighted by molar-refractivity contribution is 5.52. The third-order valence-electron chi connectivity index (χ3n) is 5.78. The maximum absolute atomic E-state index is 14.4. The summed E-state index contributed by atoms with van der Waals surface area (Å²) >= 11 is 0. The first kappa shape index (κ1) is 18.1. The number of aliphatic hydroxyl groups excluding tert-OH is 1. The highest BCUT2D eigenvalue weighted by Crippen LogP contribution is 2.52. The standard InChI is InChI=1S/C21H22F2N2O2/c1-10-4-5-13(8-11(10)2)25-12(3)17-16-9-15(26)20(27-16)18(17)14-6-7-24-21(23)19(14)22/h4-8,15-18,20,25-26H,3,9H2,1-2H3. The highest BCUT2D eigenvalue weighted by Gasteiger charge is 2.56. The van der Waals surface area contributed by atoms with Gasteiger partial charge in [-0.2, -0.15) is 4.39 Å². The molecule has 0 saturated carbocycles. The smallest absolute Gasteiger partial charge is 0.249 e. The van der Waals surface area contributed by atoms with Gasteiger partial charge in [0.05, 0.1) is 18.3 Å². The molecule has 2 aliphatic heterocycles. The number of pyridine rings is 1. The first-order valence-electron chi connectivity index (χ1n) is 9.03. The molecule has 2 bridgehead atoms. The molecule has 0 amide bonds. The molecular formula is C21H22F2N2O2. The van der Waals surface area contributed by atoms with Crippen LogP contribution in [-0.2, 0) is 4.74 Å². The molecule has 1 aromatic heterocycles. The second-order valence-electron chi connectivity index (χ2n) is 7.45. The average Bonchev–Trinajstić information content (AvgIpc) is 3.17. The molecule has 2 aromatic rings. The van der Waals surface area contributed by atoms with Crippen LogP contribution in [0.2, 0.25) is 0 Å². The summed E-state index contributed by atoms with van der Waals surface area (Å²) in [5.41, 5.74) is 4.04. The minimum atomic E-state index is -1.14. The molecule has 6 heteroatoms. The Hall–Kier alpha value is -2.31. The lowest BCUT2D eigenvalue weighted by Gasteiger charge is -2.32. The number of fused-ring (bicyclic) bond motifs is 2. The van der Waals surface area contributed by atoms with Crippen LogP contribution in [0.3, 0.4) is 0 Å². The molecule has 2 aliphatic rings. The predicted molar refractivity (Wildman–Crippen MR) is 98.3 cm³/mol. The van der Waals surface area contributed by atoms with Crippen LogP contribution in [0.5, 0.6) is 0 Å². The minimum absolute atomic E-state index is 0.168. The Morgan fingerprint density at radius 3 is 2.78 bits per heavy atom. The summed E-state index contributed by atoms with van der Waals surface area (Å²) in [7, 11) is 0. The maximum Gasteiger partial charge on any atom is 0.249 e. The zero-order chi connectivity index (χ0) is 19.3. The normalized spacial score (nSPS) is 29.1. The molecule has 5 atom stereocenters. The summed E-state index contributed by atoms with van der Waals surface area (Å²) in [5.74, 6) is -2.94. The molecule has 3 heterocycles. The van der Waals surface area contributed by atoms with Crippen LogP contribution in [0, 0.1) is 31.5 Å². The summed E-state index contributed by atoms with van der Waals surface area (Å²) < 4.78 is 34.0. The van der Waals surface area contributed by atoms with Gasteiger partial charge in [0.1, 0.15) is 0 Å². The van der Waals surface area contributed by atoms with Crippen molar-refractivity contribution in [1.82, 2.24) is 4.98 Å². The van der Waals surface area contributed by atoms with Crippen molar-refractivity contribution >= 4 is 5.69 Å². The zero-order valence-corrected chi connectivity index (χ0v) is 15.2. The lowest BCUT2D eigenvalue weighted by molar-refractivity contribution is 0.0451. The molecule has 4 rings (SSSR count). The first-order chi connectivity index (χ1) is 12.9. The van der Waals surface area contributed by atoms with E-state index in [1.54, 1.807) is 0 Å². The van der Waals surface area contributed by atoms with E-state index in [2.05, 4.69) is 16.9 Å². The molecule has 2 N–H and O–H groups in total. The van der Waals surface area contributed by atoms with Crippen LogP contribution in [0.4, 0.5) is 14.5 Å². The van der Waals surface area contributed by atoms with Gasteiger partial charge in [-0.3, -0.25) is 0 Å². The number of hydrogen-bond acceptors (Lipinski definition) is 4. The van der Waals surface area contributed by atoms with Gasteiger partial charge in [-0.15, -0.1) is 0 Å². The van der Waals surface area contributed by atoms with E-state index in [1.165, 1.54) is 17.8 Å². The number of rotatable bonds is 4. The van der Waals surface area contributed by atoms with E-state index in [0.29, 0.717) is 12.1 Å². The van der Waals surface area contributed by atoms with Crippen molar-refractivity contribution in [2.45, 2.75) is 44.5 Å². The topological polar surface area (TPSA) is 54.4 Å². The van der Waals surface area contributed by atoms with Gasteiger partial charge in [-0.25, -0.2) is 9.37 Å². The molecule has 1 aromatic carbocycles. The fourth-order valence-electron chi connectivity index (χ4n) is 4.30. The van der Waals surface area contributed by atoms with Crippen LogP contribution in [0.25, 0.3) is 0 Å². The summed E-state index contributed by atoms with van der Waals surface area (Å²) in [6.45, 7) is 8.21. The summed E-state index contributed by atoms with van der Waals surface area (Å²) in [5, 5.41) is 13.6. The number of hydrogen-bond donors (Lipinski definition) is 2. The summed E-state index contributed by atoms with van der Waals surface area (Å²) in [4.78, 5) is 3.36. The van der Waals surface area contributed by atoms with E-state index in [1.807, 2.05) is 32.0 Å². The van der Waals surface area contributed by atoms with E-state index < -0.39 is 29.9 Å². The fourth-order valence-corrected chi connectivity index (χ4v) is 4.30. The Morgan fingerprint density at radius 1 is 1.26 bits per heavy atom. The van der Waals surface area contributed by atoms with Crippen LogP contribution < -0.4 is 5.32 Å². The highest BCUT2D eigenvalue weighted by atomic mass is 19.2. The van der Waals surface area contributed by atoms with Gasteiger partial charge in [-0.1, -0.05) is 12.6 Å². The van der Waals surface area contributed by atoms with Crippen LogP contribution in [-0.4, -0.2) is 28.4 Å². The number of ether oxygens (including phenoxy) is 1. The van der Waals surface area contributed by atoms with Crippen molar-refractivity contribution in [2.24, 2.45) is 5.92 Å². The number of anilines is 1. The van der Waals surface area contributed by atoms with Crippen molar-refractivity contribution in [1.29, 1.82) is 0 Å². The van der Waals surface area contributed by atoms with Gasteiger partial charge in [0, 0.05) is 41.4 Å². The third-order valence-corrected chi connectivity index (χ3v) is 5.78. The minimum Gasteiger partial charge on any atom is -0.390 e. The van der Waals surface area contributed by atoms with Crippen LogP contribution >= 0.6 is 0 Å². The number of nitrogens with one attached hydrogen (secondary N) is 1. The van der Waals surface area contributed by atoms with Crippen LogP contribution in [0.15, 0.2) is 42.7 Å². The van der Waals surface area contributed by atoms with E-state index in [-0.39, 0.29) is 17.6 Å². The molecule has 5 unspecified atom stereocenters. The SMILES string of the molecule is C=C(Nc1ccc(C)c(C)c1)C1C2CC(O)C(O2)C1c1ccnc(F)c1F. The summed E-state index contributed by atoms with van der Waals surface area (Å²) in [6, 6.07) is 7.45. The number of aliphatic hydroxyl groups is 1. The molecule has 0 spiro atoms. The van der Waals surface area contributed by atoms with Crippen molar-refractivity contribution < 1.29 is 18.6 Å². The van der Waals surface area contributed by atoms with Gasteiger partial charge in [-0.05, 0) is 43.2 Å². The Morgan fingerprint density at radius 2 is 2.04 bits per heavy atom. The van der Waals surface area contributed by atoms with Gasteiger partial charge >= 0.3 is 0 Å². The molecular weight excluding hydrogens is 350 g/mol. The van der Waals surface area contributed by atoms with E-state index in [9.17, 15) is 13.9 Å². The number of aromatic nitrogens is 1. The second-order valence-corrected chi connectivity index (χ2v) is 7.45. The largest absolute Gasteiger partial charge is 0.390 e. The van der Waals surface area contributed by atoms with Gasteiger partial charge in [0.2, 0.25) is 5.95 Å². The Bertz CT molecular complexity index is 902. The van der Waals surface area contributed by atoms with Gasteiger partial charge < -0.3 is 15.2 Å². The molecule has 2 fully saturated rings. The molecule has 27 heavy (non-hydrogen) atoms. The van der Waals surface area contributed by atoms with Crippen molar-refractivity contribution in [2.75, 3.05) is 5.32 Å². The fraction of sp³-hybridized carbons (Fsp3) is 0.381. The number of nitrogens with zero attached hydrogens (tertiary/aromatic N) is 1. The summed E-state index contributed by atoms with van der Waals surface area (Å²) in [6.07, 6.45) is 0.102. The predicted octanol–water partition coefficient (Wildman–Crippen LogP) is 3.83. The number of halogens is 2. The lowest BCUT2D eigenvalue weighted by Crippen LogP contribution is -2.37.